The Morgan fingerprint density at radius 2 is 1.57 bits per heavy atom. The summed E-state index contributed by atoms with van der Waals surface area (Å²) in [7, 11) is 1.33. The maximum absolute atomic E-state index is 12.3. The third-order valence-corrected chi connectivity index (χ3v) is 5.27. The van der Waals surface area contributed by atoms with Crippen LogP contribution in [0.5, 0.6) is 5.75 Å². The quantitative estimate of drug-likeness (QED) is 0.195. The average Bonchev–Trinajstić information content (AvgIpc) is 2.70. The molecule has 0 aromatic heterocycles. The summed E-state index contributed by atoms with van der Waals surface area (Å²) >= 11 is 10.3. The fourth-order valence-corrected chi connectivity index (χ4v) is 3.95. The van der Waals surface area contributed by atoms with Gasteiger partial charge < -0.3 is 9.47 Å². The largest absolute Gasteiger partial charge is 0.465 e. The Labute approximate surface area is 188 Å². The lowest BCUT2D eigenvalue weighted by molar-refractivity contribution is 0.0598. The monoisotopic (exact) mass is 565 g/mol. The summed E-state index contributed by atoms with van der Waals surface area (Å²) in [6, 6.07) is 20.5. The van der Waals surface area contributed by atoms with Crippen molar-refractivity contribution in [2.45, 2.75) is 0 Å². The molecular formula is C21H14Br3NO3. The van der Waals surface area contributed by atoms with E-state index in [0.29, 0.717) is 16.1 Å². The second-order valence-corrected chi connectivity index (χ2v) is 8.30. The summed E-state index contributed by atoms with van der Waals surface area (Å²) in [6.45, 7) is 0. The predicted octanol–water partition coefficient (Wildman–Crippen LogP) is 6.92. The number of esters is 1. The third kappa shape index (κ3) is 5.10. The van der Waals surface area contributed by atoms with Crippen LogP contribution in [0.2, 0.25) is 0 Å². The normalized spacial score (nSPS) is 11.2. The van der Waals surface area contributed by atoms with Crippen molar-refractivity contribution >= 4 is 65.3 Å². The molecule has 28 heavy (non-hydrogen) atoms. The molecule has 0 saturated carbocycles. The van der Waals surface area contributed by atoms with Crippen LogP contribution in [0.25, 0.3) is 0 Å². The minimum absolute atomic E-state index is 0.281. The van der Waals surface area contributed by atoms with Crippen LogP contribution in [-0.4, -0.2) is 19.0 Å². The van der Waals surface area contributed by atoms with E-state index in [9.17, 15) is 4.79 Å². The van der Waals surface area contributed by atoms with Gasteiger partial charge in [0.1, 0.15) is 5.56 Å². The Balaban J connectivity index is 2.11. The van der Waals surface area contributed by atoms with E-state index in [1.807, 2.05) is 54.6 Å². The minimum atomic E-state index is -0.506. The lowest BCUT2D eigenvalue weighted by atomic mass is 10.2. The maximum atomic E-state index is 12.3. The second kappa shape index (κ2) is 9.49. The van der Waals surface area contributed by atoms with Crippen molar-refractivity contribution in [1.82, 2.24) is 0 Å². The van der Waals surface area contributed by atoms with Crippen LogP contribution in [0.4, 0.5) is 5.69 Å². The summed E-state index contributed by atoms with van der Waals surface area (Å²) in [6.07, 6.45) is 0. The minimum Gasteiger partial charge on any atom is -0.465 e. The van der Waals surface area contributed by atoms with Crippen LogP contribution in [0, 0.1) is 0 Å². The predicted molar refractivity (Wildman–Crippen MR) is 121 cm³/mol. The molecule has 3 aromatic carbocycles. The molecule has 0 aliphatic heterocycles. The van der Waals surface area contributed by atoms with Gasteiger partial charge in [-0.15, -0.1) is 0 Å². The van der Waals surface area contributed by atoms with Gasteiger partial charge in [-0.3, -0.25) is 0 Å². The molecule has 3 rings (SSSR count). The highest BCUT2D eigenvalue weighted by Crippen LogP contribution is 2.34. The topological polar surface area (TPSA) is 47.9 Å². The van der Waals surface area contributed by atoms with Crippen LogP contribution in [0.15, 0.2) is 85.1 Å². The fraction of sp³-hybridized carbons (Fsp3) is 0.0476. The molecule has 0 radical (unpaired) electrons. The summed E-state index contributed by atoms with van der Waals surface area (Å²) < 4.78 is 13.3. The van der Waals surface area contributed by atoms with E-state index in [0.717, 1.165) is 20.2 Å². The molecule has 0 N–H and O–H groups in total. The first-order chi connectivity index (χ1) is 13.5. The Morgan fingerprint density at radius 3 is 2.21 bits per heavy atom. The van der Waals surface area contributed by atoms with E-state index in [4.69, 9.17) is 9.47 Å². The number of hydrogen-bond acceptors (Lipinski definition) is 4. The van der Waals surface area contributed by atoms with Gasteiger partial charge >= 0.3 is 5.97 Å². The number of ether oxygens (including phenoxy) is 2. The van der Waals surface area contributed by atoms with Crippen LogP contribution >= 0.6 is 47.8 Å². The SMILES string of the molecule is COC(=O)c1cc(Br)cc(Br)c1OC(=Nc1ccc(Br)cc1)c1ccccc1. The first-order valence-corrected chi connectivity index (χ1v) is 10.5. The van der Waals surface area contributed by atoms with E-state index in [-0.39, 0.29) is 5.56 Å². The summed E-state index contributed by atoms with van der Waals surface area (Å²) in [4.78, 5) is 16.9. The summed E-state index contributed by atoms with van der Waals surface area (Å²) in [5.41, 5.74) is 1.77. The molecule has 0 aliphatic rings. The molecule has 4 nitrogen and oxygen atoms in total. The number of carbonyl (C=O) groups is 1. The molecule has 0 atom stereocenters. The van der Waals surface area contributed by atoms with Gasteiger partial charge in [-0.05, 0) is 64.5 Å². The van der Waals surface area contributed by atoms with E-state index in [1.54, 1.807) is 12.1 Å². The van der Waals surface area contributed by atoms with Gasteiger partial charge in [0.25, 0.3) is 0 Å². The van der Waals surface area contributed by atoms with Crippen molar-refractivity contribution in [2.75, 3.05) is 7.11 Å². The Hall–Kier alpha value is -1.96. The first-order valence-electron chi connectivity index (χ1n) is 8.13. The van der Waals surface area contributed by atoms with Crippen LogP contribution in [0.1, 0.15) is 15.9 Å². The molecule has 3 aromatic rings. The lowest BCUT2D eigenvalue weighted by Gasteiger charge is -2.14. The molecule has 0 saturated heterocycles. The van der Waals surface area contributed by atoms with Crippen molar-refractivity contribution in [3.63, 3.8) is 0 Å². The molecule has 0 fully saturated rings. The molecule has 0 unspecified atom stereocenters. The van der Waals surface area contributed by atoms with E-state index >= 15 is 0 Å². The van der Waals surface area contributed by atoms with E-state index in [2.05, 4.69) is 52.8 Å². The number of aliphatic imine (C=N–C) groups is 1. The van der Waals surface area contributed by atoms with E-state index < -0.39 is 5.97 Å². The molecule has 0 amide bonds. The number of carbonyl (C=O) groups excluding carboxylic acids is 1. The van der Waals surface area contributed by atoms with Crippen molar-refractivity contribution in [3.8, 4) is 5.75 Å². The Bertz CT molecular complexity index is 1020. The zero-order valence-electron chi connectivity index (χ0n) is 14.7. The molecular weight excluding hydrogens is 554 g/mol. The van der Waals surface area contributed by atoms with Crippen LogP contribution in [-0.2, 0) is 4.74 Å². The average molecular weight is 568 g/mol. The number of rotatable bonds is 4. The molecule has 142 valence electrons. The zero-order chi connectivity index (χ0) is 20.1. The van der Waals surface area contributed by atoms with Gasteiger partial charge in [0, 0.05) is 14.5 Å². The van der Waals surface area contributed by atoms with Gasteiger partial charge in [0.15, 0.2) is 5.75 Å². The van der Waals surface area contributed by atoms with Gasteiger partial charge in [-0.1, -0.05) is 50.1 Å². The molecule has 0 heterocycles. The smallest absolute Gasteiger partial charge is 0.341 e. The number of nitrogens with zero attached hydrogens (tertiary/aromatic N) is 1. The van der Waals surface area contributed by atoms with Crippen molar-refractivity contribution in [3.05, 3.63) is 91.3 Å². The van der Waals surface area contributed by atoms with Gasteiger partial charge in [-0.25, -0.2) is 9.79 Å². The van der Waals surface area contributed by atoms with Crippen molar-refractivity contribution in [2.24, 2.45) is 4.99 Å². The van der Waals surface area contributed by atoms with Gasteiger partial charge in [0.2, 0.25) is 5.90 Å². The van der Waals surface area contributed by atoms with E-state index in [1.165, 1.54) is 7.11 Å². The zero-order valence-corrected chi connectivity index (χ0v) is 19.4. The van der Waals surface area contributed by atoms with Gasteiger partial charge in [0.05, 0.1) is 17.3 Å². The summed E-state index contributed by atoms with van der Waals surface area (Å²) in [5.74, 6) is 0.180. The second-order valence-electron chi connectivity index (χ2n) is 5.62. The fourth-order valence-electron chi connectivity index (χ4n) is 2.38. The highest BCUT2D eigenvalue weighted by molar-refractivity contribution is 9.11. The maximum Gasteiger partial charge on any atom is 0.341 e. The van der Waals surface area contributed by atoms with Crippen LogP contribution in [0.3, 0.4) is 0 Å². The number of methoxy groups -OCH3 is 1. The lowest BCUT2D eigenvalue weighted by Crippen LogP contribution is -2.14. The van der Waals surface area contributed by atoms with Crippen molar-refractivity contribution < 1.29 is 14.3 Å². The Morgan fingerprint density at radius 1 is 0.893 bits per heavy atom. The summed E-state index contributed by atoms with van der Waals surface area (Å²) in [5, 5.41) is 0. The highest BCUT2D eigenvalue weighted by Gasteiger charge is 2.20. The Kier molecular flexibility index (Phi) is 7.04. The number of benzene rings is 3. The molecule has 0 spiro atoms. The third-order valence-electron chi connectivity index (χ3n) is 3.69. The molecule has 7 heteroatoms. The first kappa shape index (κ1) is 20.8. The number of halogens is 3. The number of hydrogen-bond donors (Lipinski definition) is 0. The van der Waals surface area contributed by atoms with Crippen molar-refractivity contribution in [1.29, 1.82) is 0 Å². The standard InChI is InChI=1S/C21H14Br3NO3/c1-27-21(26)17-11-15(23)12-18(24)19(17)28-20(13-5-3-2-4-6-13)25-16-9-7-14(22)8-10-16/h2-12H,1H3. The highest BCUT2D eigenvalue weighted by atomic mass is 79.9. The van der Waals surface area contributed by atoms with Gasteiger partial charge in [-0.2, -0.15) is 0 Å². The molecule has 0 bridgehead atoms. The molecule has 0 aliphatic carbocycles. The van der Waals surface area contributed by atoms with Crippen LogP contribution < -0.4 is 4.74 Å².